The van der Waals surface area contributed by atoms with Gasteiger partial charge in [-0.15, -0.1) is 5.10 Å². The summed E-state index contributed by atoms with van der Waals surface area (Å²) in [7, 11) is 0. The van der Waals surface area contributed by atoms with Crippen molar-refractivity contribution in [1.29, 1.82) is 0 Å². The van der Waals surface area contributed by atoms with Gasteiger partial charge in [0, 0.05) is 18.1 Å². The number of nitrogen functional groups attached to an aromatic ring is 1. The normalized spacial score (nSPS) is 11.9. The highest BCUT2D eigenvalue weighted by atomic mass is 32.1. The van der Waals surface area contributed by atoms with Crippen LogP contribution >= 0.6 is 11.5 Å². The maximum atomic E-state index is 5.87. The van der Waals surface area contributed by atoms with Crippen LogP contribution in [0.25, 0.3) is 0 Å². The summed E-state index contributed by atoms with van der Waals surface area (Å²) in [5.74, 6) is 1.47. The van der Waals surface area contributed by atoms with Crippen molar-refractivity contribution in [3.05, 3.63) is 5.69 Å². The smallest absolute Gasteiger partial charge is 0.132 e. The topological polar surface area (TPSA) is 55.0 Å². The first-order valence-corrected chi connectivity index (χ1v) is 7.55. The summed E-state index contributed by atoms with van der Waals surface area (Å²) in [4.78, 5) is 2.45. The first kappa shape index (κ1) is 15.4. The van der Waals surface area contributed by atoms with E-state index in [0.29, 0.717) is 0 Å². The van der Waals surface area contributed by atoms with Crippen LogP contribution in [0.2, 0.25) is 0 Å². The molecule has 1 rings (SSSR count). The molecule has 2 N–H and O–H groups in total. The number of nitrogens with two attached hydrogens (primary N) is 1. The van der Waals surface area contributed by atoms with E-state index in [2.05, 4.69) is 42.2 Å². The number of hydrogen-bond acceptors (Lipinski definition) is 5. The van der Waals surface area contributed by atoms with Crippen molar-refractivity contribution in [2.45, 2.75) is 47.1 Å². The number of anilines is 1. The van der Waals surface area contributed by atoms with Crippen molar-refractivity contribution in [3.8, 4) is 0 Å². The molecular formula is C13H26N4S. The fourth-order valence-electron chi connectivity index (χ4n) is 1.69. The summed E-state index contributed by atoms with van der Waals surface area (Å²) in [5, 5.41) is 4.87. The van der Waals surface area contributed by atoms with E-state index in [-0.39, 0.29) is 0 Å². The molecule has 0 aliphatic heterocycles. The minimum atomic E-state index is 0.734. The monoisotopic (exact) mass is 270 g/mol. The molecule has 0 atom stereocenters. The predicted molar refractivity (Wildman–Crippen MR) is 78.5 cm³/mol. The molecule has 0 saturated heterocycles. The summed E-state index contributed by atoms with van der Waals surface area (Å²) in [6.45, 7) is 12.1. The number of nitrogens with zero attached hydrogens (tertiary/aromatic N) is 3. The van der Waals surface area contributed by atoms with E-state index in [1.807, 2.05) is 0 Å². The van der Waals surface area contributed by atoms with Gasteiger partial charge in [-0.3, -0.25) is 4.90 Å². The zero-order chi connectivity index (χ0) is 13.5. The van der Waals surface area contributed by atoms with E-state index in [1.54, 1.807) is 0 Å². The Balaban J connectivity index is 2.50. The molecule has 1 aromatic heterocycles. The highest BCUT2D eigenvalue weighted by Crippen LogP contribution is 2.16. The fraction of sp³-hybridized carbons (Fsp3) is 0.846. The Bertz CT molecular complexity index is 323. The van der Waals surface area contributed by atoms with E-state index >= 15 is 0 Å². The quantitative estimate of drug-likeness (QED) is 0.789. The van der Waals surface area contributed by atoms with Gasteiger partial charge in [0.15, 0.2) is 0 Å². The Morgan fingerprint density at radius 3 is 2.06 bits per heavy atom. The van der Waals surface area contributed by atoms with Crippen molar-refractivity contribution in [2.24, 2.45) is 11.8 Å². The van der Waals surface area contributed by atoms with Gasteiger partial charge in [-0.05, 0) is 37.8 Å². The van der Waals surface area contributed by atoms with Crippen molar-refractivity contribution < 1.29 is 0 Å². The van der Waals surface area contributed by atoms with Crippen molar-refractivity contribution in [3.63, 3.8) is 0 Å². The summed E-state index contributed by atoms with van der Waals surface area (Å²) < 4.78 is 3.91. The van der Waals surface area contributed by atoms with Gasteiger partial charge >= 0.3 is 0 Å². The molecule has 0 radical (unpaired) electrons. The van der Waals surface area contributed by atoms with Crippen LogP contribution < -0.4 is 5.73 Å². The lowest BCUT2D eigenvalue weighted by Crippen LogP contribution is -2.27. The zero-order valence-corrected chi connectivity index (χ0v) is 12.8. The lowest BCUT2D eigenvalue weighted by Gasteiger charge is -2.23. The Labute approximate surface area is 115 Å². The van der Waals surface area contributed by atoms with Crippen LogP contribution in [-0.2, 0) is 6.54 Å². The van der Waals surface area contributed by atoms with E-state index in [9.17, 15) is 0 Å². The molecule has 5 heteroatoms. The van der Waals surface area contributed by atoms with Gasteiger partial charge in [-0.2, -0.15) is 0 Å². The Morgan fingerprint density at radius 1 is 1.11 bits per heavy atom. The van der Waals surface area contributed by atoms with Gasteiger partial charge in [0.05, 0.1) is 0 Å². The third kappa shape index (κ3) is 5.78. The van der Waals surface area contributed by atoms with E-state index in [0.717, 1.165) is 42.2 Å². The second-order valence-corrected chi connectivity index (χ2v) is 6.51. The van der Waals surface area contributed by atoms with Crippen LogP contribution in [-0.4, -0.2) is 27.6 Å². The van der Waals surface area contributed by atoms with E-state index in [4.69, 9.17) is 5.73 Å². The SMILES string of the molecule is CC(C)CCN(CCC(C)C)Cc1nnsc1N. The number of hydrogen-bond donors (Lipinski definition) is 1. The third-order valence-electron chi connectivity index (χ3n) is 3.00. The van der Waals surface area contributed by atoms with Crippen LogP contribution in [0.1, 0.15) is 46.2 Å². The predicted octanol–water partition coefficient (Wildman–Crippen LogP) is 3.01. The van der Waals surface area contributed by atoms with Gasteiger partial charge in [-0.1, -0.05) is 32.2 Å². The van der Waals surface area contributed by atoms with Gasteiger partial charge < -0.3 is 5.73 Å². The molecule has 0 unspecified atom stereocenters. The molecule has 1 heterocycles. The van der Waals surface area contributed by atoms with Crippen LogP contribution in [0, 0.1) is 11.8 Å². The first-order valence-electron chi connectivity index (χ1n) is 6.78. The highest BCUT2D eigenvalue weighted by Gasteiger charge is 2.12. The van der Waals surface area contributed by atoms with Gasteiger partial charge in [-0.25, -0.2) is 0 Å². The van der Waals surface area contributed by atoms with Gasteiger partial charge in [0.2, 0.25) is 0 Å². The molecule has 0 spiro atoms. The Kier molecular flexibility index (Phi) is 6.57. The summed E-state index contributed by atoms with van der Waals surface area (Å²) in [5.41, 5.74) is 6.81. The molecule has 0 amide bonds. The zero-order valence-electron chi connectivity index (χ0n) is 12.0. The summed E-state index contributed by atoms with van der Waals surface area (Å²) in [6.07, 6.45) is 2.44. The molecule has 0 saturated carbocycles. The highest BCUT2D eigenvalue weighted by molar-refractivity contribution is 7.09. The molecule has 4 nitrogen and oxygen atoms in total. The summed E-state index contributed by atoms with van der Waals surface area (Å²) in [6, 6.07) is 0. The standard InChI is InChI=1S/C13H26N4S/c1-10(2)5-7-17(8-6-11(3)4)9-12-13(14)18-16-15-12/h10-11H,5-9,14H2,1-4H3. The molecule has 104 valence electrons. The van der Waals surface area contributed by atoms with Crippen molar-refractivity contribution in [1.82, 2.24) is 14.5 Å². The lowest BCUT2D eigenvalue weighted by molar-refractivity contribution is 0.233. The molecule has 0 aromatic carbocycles. The third-order valence-corrected chi connectivity index (χ3v) is 3.60. The van der Waals surface area contributed by atoms with Crippen molar-refractivity contribution >= 4 is 16.5 Å². The molecule has 0 aliphatic rings. The minimum absolute atomic E-state index is 0.734. The van der Waals surface area contributed by atoms with Crippen LogP contribution in [0.5, 0.6) is 0 Å². The number of aromatic nitrogens is 2. The summed E-state index contributed by atoms with van der Waals surface area (Å²) >= 11 is 1.29. The first-order chi connectivity index (χ1) is 8.49. The Hall–Kier alpha value is -0.680. The van der Waals surface area contributed by atoms with Crippen LogP contribution in [0.4, 0.5) is 5.00 Å². The second-order valence-electron chi connectivity index (χ2n) is 5.73. The van der Waals surface area contributed by atoms with E-state index in [1.165, 1.54) is 24.4 Å². The second kappa shape index (κ2) is 7.69. The molecule has 0 fully saturated rings. The maximum absolute atomic E-state index is 5.87. The molecule has 1 aromatic rings. The average molecular weight is 270 g/mol. The average Bonchev–Trinajstić information content (AvgIpc) is 2.68. The molecule has 0 aliphatic carbocycles. The Morgan fingerprint density at radius 2 is 1.67 bits per heavy atom. The largest absolute Gasteiger partial charge is 0.388 e. The molecule has 18 heavy (non-hydrogen) atoms. The number of rotatable bonds is 8. The molecule has 0 bridgehead atoms. The van der Waals surface area contributed by atoms with E-state index < -0.39 is 0 Å². The fourth-order valence-corrected chi connectivity index (χ4v) is 2.13. The minimum Gasteiger partial charge on any atom is -0.388 e. The van der Waals surface area contributed by atoms with Crippen LogP contribution in [0.15, 0.2) is 0 Å². The maximum Gasteiger partial charge on any atom is 0.132 e. The molecular weight excluding hydrogens is 244 g/mol. The lowest BCUT2D eigenvalue weighted by atomic mass is 10.1. The van der Waals surface area contributed by atoms with Gasteiger partial charge in [0.1, 0.15) is 10.7 Å². The van der Waals surface area contributed by atoms with Crippen LogP contribution in [0.3, 0.4) is 0 Å². The van der Waals surface area contributed by atoms with Gasteiger partial charge in [0.25, 0.3) is 0 Å². The van der Waals surface area contributed by atoms with Crippen molar-refractivity contribution in [2.75, 3.05) is 18.8 Å².